The van der Waals surface area contributed by atoms with Gasteiger partial charge in [-0.2, -0.15) is 0 Å². The Kier molecular flexibility index (Phi) is 5.71. The standard InChI is InChI=1S/C22H23N3O2/c1-15(2)27-21-11-7-6-10-20(21)25-22(26)17-12-18(14-23-13-17)24-19-9-5-4-8-16(19)3/h4-15,24H,1-3H3,(H,25,26). The maximum Gasteiger partial charge on any atom is 0.257 e. The smallest absolute Gasteiger partial charge is 0.257 e. The lowest BCUT2D eigenvalue weighted by Crippen LogP contribution is -2.15. The summed E-state index contributed by atoms with van der Waals surface area (Å²) in [4.78, 5) is 16.9. The van der Waals surface area contributed by atoms with E-state index >= 15 is 0 Å². The lowest BCUT2D eigenvalue weighted by atomic mass is 10.2. The number of para-hydroxylation sites is 3. The number of hydrogen-bond acceptors (Lipinski definition) is 4. The summed E-state index contributed by atoms with van der Waals surface area (Å²) in [5.74, 6) is 0.402. The third kappa shape index (κ3) is 4.85. The summed E-state index contributed by atoms with van der Waals surface area (Å²) in [6.07, 6.45) is 3.26. The molecule has 5 heteroatoms. The van der Waals surface area contributed by atoms with Crippen LogP contribution in [0.1, 0.15) is 29.8 Å². The van der Waals surface area contributed by atoms with E-state index in [1.807, 2.05) is 69.3 Å². The molecule has 2 aromatic carbocycles. The number of rotatable bonds is 6. The number of aryl methyl sites for hydroxylation is 1. The van der Waals surface area contributed by atoms with E-state index in [1.165, 1.54) is 0 Å². The summed E-state index contributed by atoms with van der Waals surface area (Å²) in [5, 5.41) is 6.20. The lowest BCUT2D eigenvalue weighted by Gasteiger charge is -2.15. The van der Waals surface area contributed by atoms with Crippen LogP contribution >= 0.6 is 0 Å². The minimum absolute atomic E-state index is 0.0198. The van der Waals surface area contributed by atoms with Gasteiger partial charge < -0.3 is 15.4 Å². The zero-order valence-electron chi connectivity index (χ0n) is 15.7. The van der Waals surface area contributed by atoms with Crippen LogP contribution in [0.2, 0.25) is 0 Å². The average molecular weight is 361 g/mol. The quantitative estimate of drug-likeness (QED) is 0.635. The first kappa shape index (κ1) is 18.5. The predicted octanol–water partition coefficient (Wildman–Crippen LogP) is 5.17. The van der Waals surface area contributed by atoms with Crippen LogP contribution in [-0.2, 0) is 0 Å². The fraction of sp³-hybridized carbons (Fsp3) is 0.182. The van der Waals surface area contributed by atoms with Crippen molar-refractivity contribution in [2.75, 3.05) is 10.6 Å². The van der Waals surface area contributed by atoms with Gasteiger partial charge in [-0.3, -0.25) is 9.78 Å². The topological polar surface area (TPSA) is 63.2 Å². The molecule has 0 saturated carbocycles. The molecular formula is C22H23N3O2. The van der Waals surface area contributed by atoms with Crippen LogP contribution in [0.5, 0.6) is 5.75 Å². The van der Waals surface area contributed by atoms with Gasteiger partial charge in [0.1, 0.15) is 5.75 Å². The number of carbonyl (C=O) groups excluding carboxylic acids is 1. The van der Waals surface area contributed by atoms with E-state index in [1.54, 1.807) is 18.5 Å². The minimum atomic E-state index is -0.240. The van der Waals surface area contributed by atoms with E-state index < -0.39 is 0 Å². The maximum atomic E-state index is 12.7. The Balaban J connectivity index is 1.77. The average Bonchev–Trinajstić information content (AvgIpc) is 2.65. The van der Waals surface area contributed by atoms with E-state index in [0.717, 1.165) is 16.9 Å². The molecule has 0 radical (unpaired) electrons. The summed E-state index contributed by atoms with van der Waals surface area (Å²) in [5.41, 5.74) is 3.95. The molecule has 3 rings (SSSR count). The zero-order valence-corrected chi connectivity index (χ0v) is 15.7. The molecule has 2 N–H and O–H groups in total. The second kappa shape index (κ2) is 8.36. The molecule has 0 saturated heterocycles. The van der Waals surface area contributed by atoms with Crippen LogP contribution in [0.3, 0.4) is 0 Å². The number of anilines is 3. The first-order chi connectivity index (χ1) is 13.0. The third-order valence-corrected chi connectivity index (χ3v) is 3.92. The van der Waals surface area contributed by atoms with Crippen molar-refractivity contribution in [3.8, 4) is 5.75 Å². The molecule has 3 aromatic rings. The molecule has 1 aromatic heterocycles. The van der Waals surface area contributed by atoms with Gasteiger partial charge in [-0.15, -0.1) is 0 Å². The van der Waals surface area contributed by atoms with Crippen molar-refractivity contribution in [3.05, 3.63) is 78.1 Å². The molecule has 5 nitrogen and oxygen atoms in total. The van der Waals surface area contributed by atoms with Gasteiger partial charge in [0.05, 0.1) is 29.2 Å². The maximum absolute atomic E-state index is 12.7. The predicted molar refractivity (Wildman–Crippen MR) is 109 cm³/mol. The van der Waals surface area contributed by atoms with Gasteiger partial charge in [0, 0.05) is 11.9 Å². The third-order valence-electron chi connectivity index (χ3n) is 3.92. The molecule has 1 heterocycles. The Bertz CT molecular complexity index is 938. The summed E-state index contributed by atoms with van der Waals surface area (Å²) in [6, 6.07) is 17.1. The first-order valence-electron chi connectivity index (χ1n) is 8.87. The van der Waals surface area contributed by atoms with Gasteiger partial charge in [-0.05, 0) is 50.6 Å². The van der Waals surface area contributed by atoms with Crippen molar-refractivity contribution in [2.24, 2.45) is 0 Å². The number of ether oxygens (including phenoxy) is 1. The van der Waals surface area contributed by atoms with Gasteiger partial charge in [0.25, 0.3) is 5.91 Å². The van der Waals surface area contributed by atoms with Gasteiger partial charge >= 0.3 is 0 Å². The molecule has 0 fully saturated rings. The van der Waals surface area contributed by atoms with Crippen LogP contribution in [0, 0.1) is 6.92 Å². The zero-order chi connectivity index (χ0) is 19.2. The molecule has 138 valence electrons. The van der Waals surface area contributed by atoms with E-state index in [4.69, 9.17) is 4.74 Å². The van der Waals surface area contributed by atoms with Crippen molar-refractivity contribution in [2.45, 2.75) is 26.9 Å². The molecule has 0 bridgehead atoms. The van der Waals surface area contributed by atoms with E-state index in [2.05, 4.69) is 15.6 Å². The van der Waals surface area contributed by atoms with Crippen LogP contribution in [-0.4, -0.2) is 17.0 Å². The molecule has 1 amide bonds. The van der Waals surface area contributed by atoms with Gasteiger partial charge in [-0.1, -0.05) is 30.3 Å². The molecule has 0 unspecified atom stereocenters. The highest BCUT2D eigenvalue weighted by atomic mass is 16.5. The second-order valence-electron chi connectivity index (χ2n) is 6.52. The fourth-order valence-corrected chi connectivity index (χ4v) is 2.62. The lowest BCUT2D eigenvalue weighted by molar-refractivity contribution is 0.102. The minimum Gasteiger partial charge on any atom is -0.489 e. The van der Waals surface area contributed by atoms with Crippen molar-refractivity contribution in [1.82, 2.24) is 4.98 Å². The summed E-state index contributed by atoms with van der Waals surface area (Å²) in [7, 11) is 0. The SMILES string of the molecule is Cc1ccccc1Nc1cncc(C(=O)Nc2ccccc2OC(C)C)c1. The van der Waals surface area contributed by atoms with Gasteiger partial charge in [-0.25, -0.2) is 0 Å². The number of aromatic nitrogens is 1. The van der Waals surface area contributed by atoms with Crippen molar-refractivity contribution >= 4 is 23.0 Å². The Morgan fingerprint density at radius 1 is 1.00 bits per heavy atom. The van der Waals surface area contributed by atoms with Gasteiger partial charge in [0.15, 0.2) is 0 Å². The van der Waals surface area contributed by atoms with E-state index in [9.17, 15) is 4.79 Å². The highest BCUT2D eigenvalue weighted by molar-refractivity contribution is 6.05. The molecule has 27 heavy (non-hydrogen) atoms. The van der Waals surface area contributed by atoms with Crippen LogP contribution in [0.4, 0.5) is 17.1 Å². The largest absolute Gasteiger partial charge is 0.489 e. The first-order valence-corrected chi connectivity index (χ1v) is 8.87. The molecule has 0 atom stereocenters. The normalized spacial score (nSPS) is 10.5. The number of pyridine rings is 1. The molecule has 0 aliphatic heterocycles. The number of amides is 1. The monoisotopic (exact) mass is 361 g/mol. The molecular weight excluding hydrogens is 338 g/mol. The van der Waals surface area contributed by atoms with Crippen LogP contribution < -0.4 is 15.4 Å². The fourth-order valence-electron chi connectivity index (χ4n) is 2.62. The Morgan fingerprint density at radius 3 is 2.44 bits per heavy atom. The number of hydrogen-bond donors (Lipinski definition) is 2. The second-order valence-corrected chi connectivity index (χ2v) is 6.52. The number of nitrogens with one attached hydrogen (secondary N) is 2. The van der Waals surface area contributed by atoms with E-state index in [0.29, 0.717) is 17.0 Å². The van der Waals surface area contributed by atoms with Crippen molar-refractivity contribution in [1.29, 1.82) is 0 Å². The Morgan fingerprint density at radius 2 is 1.70 bits per heavy atom. The van der Waals surface area contributed by atoms with Crippen LogP contribution in [0.15, 0.2) is 67.0 Å². The highest BCUT2D eigenvalue weighted by Crippen LogP contribution is 2.26. The number of nitrogens with zero attached hydrogens (tertiary/aromatic N) is 1. The van der Waals surface area contributed by atoms with Crippen molar-refractivity contribution in [3.63, 3.8) is 0 Å². The molecule has 0 aliphatic rings. The van der Waals surface area contributed by atoms with Gasteiger partial charge in [0.2, 0.25) is 0 Å². The Hall–Kier alpha value is -3.34. The summed E-state index contributed by atoms with van der Waals surface area (Å²) >= 11 is 0. The summed E-state index contributed by atoms with van der Waals surface area (Å²) < 4.78 is 5.76. The molecule has 0 aliphatic carbocycles. The molecule has 0 spiro atoms. The number of carbonyl (C=O) groups is 1. The van der Waals surface area contributed by atoms with E-state index in [-0.39, 0.29) is 12.0 Å². The van der Waals surface area contributed by atoms with Crippen LogP contribution in [0.25, 0.3) is 0 Å². The summed E-state index contributed by atoms with van der Waals surface area (Å²) in [6.45, 7) is 5.92. The highest BCUT2D eigenvalue weighted by Gasteiger charge is 2.12. The Labute approximate surface area is 159 Å². The van der Waals surface area contributed by atoms with Crippen molar-refractivity contribution < 1.29 is 9.53 Å². The number of benzene rings is 2.